The lowest BCUT2D eigenvalue weighted by Gasteiger charge is -2.21. The van der Waals surface area contributed by atoms with Gasteiger partial charge in [-0.05, 0) is 26.3 Å². The first-order chi connectivity index (χ1) is 9.95. The van der Waals surface area contributed by atoms with Crippen molar-refractivity contribution in [1.82, 2.24) is 10.2 Å². The predicted molar refractivity (Wildman–Crippen MR) is 85.3 cm³/mol. The Morgan fingerprint density at radius 3 is 2.57 bits per heavy atom. The van der Waals surface area contributed by atoms with Crippen LogP contribution >= 0.6 is 0 Å². The number of nitrogens with zero attached hydrogens (tertiary/aromatic N) is 1. The smallest absolute Gasteiger partial charge is 0.238 e. The first-order valence-corrected chi connectivity index (χ1v) is 7.43. The lowest BCUT2D eigenvalue weighted by atomic mass is 10.0. The Labute approximate surface area is 126 Å². The molecule has 0 saturated heterocycles. The minimum absolute atomic E-state index is 0.00810. The Morgan fingerprint density at radius 2 is 1.95 bits per heavy atom. The highest BCUT2D eigenvalue weighted by Crippen LogP contribution is 2.30. The van der Waals surface area contributed by atoms with Crippen molar-refractivity contribution in [3.05, 3.63) is 35.6 Å². The second-order valence-electron chi connectivity index (χ2n) is 5.64. The maximum absolute atomic E-state index is 12.0. The fourth-order valence-corrected chi connectivity index (χ4v) is 2.74. The third kappa shape index (κ3) is 3.10. The van der Waals surface area contributed by atoms with Crippen LogP contribution in [0.2, 0.25) is 0 Å². The molecular formula is C17H24N2O2. The molecule has 1 N–H and O–H groups in total. The van der Waals surface area contributed by atoms with Crippen molar-refractivity contribution in [2.24, 2.45) is 0 Å². The Bertz CT molecular complexity index is 631. The molecule has 1 aromatic carbocycles. The first kappa shape index (κ1) is 15.6. The molecule has 21 heavy (non-hydrogen) atoms. The lowest BCUT2D eigenvalue weighted by molar-refractivity contribution is -0.130. The second kappa shape index (κ2) is 6.31. The molecule has 0 aliphatic carbocycles. The third-order valence-electron chi connectivity index (χ3n) is 3.79. The van der Waals surface area contributed by atoms with Gasteiger partial charge in [-0.1, -0.05) is 25.1 Å². The van der Waals surface area contributed by atoms with Gasteiger partial charge in [-0.15, -0.1) is 0 Å². The maximum Gasteiger partial charge on any atom is 0.238 e. The van der Waals surface area contributed by atoms with Crippen molar-refractivity contribution in [2.75, 3.05) is 14.1 Å². The standard InChI is InChI=1S/C17H24N2O2/c1-6-13-14-9-7-8-10-15(14)21-16(13)11(2)18-12(3)17(20)19(4)5/h7-12,18H,6H2,1-5H3. The van der Waals surface area contributed by atoms with Crippen LogP contribution in [0.15, 0.2) is 28.7 Å². The minimum Gasteiger partial charge on any atom is -0.459 e. The summed E-state index contributed by atoms with van der Waals surface area (Å²) in [7, 11) is 3.54. The quantitative estimate of drug-likeness (QED) is 0.919. The molecular weight excluding hydrogens is 264 g/mol. The minimum atomic E-state index is -0.243. The summed E-state index contributed by atoms with van der Waals surface area (Å²) in [6, 6.07) is 7.82. The summed E-state index contributed by atoms with van der Waals surface area (Å²) in [5, 5.41) is 4.49. The fourth-order valence-electron chi connectivity index (χ4n) is 2.74. The Kier molecular flexibility index (Phi) is 4.68. The van der Waals surface area contributed by atoms with Gasteiger partial charge in [-0.25, -0.2) is 0 Å². The molecule has 4 heteroatoms. The number of para-hydroxylation sites is 1. The van der Waals surface area contributed by atoms with Crippen LogP contribution in [-0.4, -0.2) is 30.9 Å². The molecule has 4 nitrogen and oxygen atoms in total. The average molecular weight is 288 g/mol. The molecule has 0 radical (unpaired) electrons. The molecule has 114 valence electrons. The summed E-state index contributed by atoms with van der Waals surface area (Å²) in [6.45, 7) is 6.05. The molecule has 0 spiro atoms. The van der Waals surface area contributed by atoms with Crippen molar-refractivity contribution in [3.8, 4) is 0 Å². The van der Waals surface area contributed by atoms with Crippen LogP contribution in [0.25, 0.3) is 11.0 Å². The highest BCUT2D eigenvalue weighted by Gasteiger charge is 2.22. The number of hydrogen-bond donors (Lipinski definition) is 1. The van der Waals surface area contributed by atoms with Crippen molar-refractivity contribution >= 4 is 16.9 Å². The van der Waals surface area contributed by atoms with Gasteiger partial charge in [0.2, 0.25) is 5.91 Å². The van der Waals surface area contributed by atoms with E-state index in [0.29, 0.717) is 0 Å². The van der Waals surface area contributed by atoms with Crippen LogP contribution in [-0.2, 0) is 11.2 Å². The Hall–Kier alpha value is -1.81. The number of fused-ring (bicyclic) bond motifs is 1. The van der Waals surface area contributed by atoms with Gasteiger partial charge in [0, 0.05) is 25.0 Å². The van der Waals surface area contributed by atoms with E-state index in [1.54, 1.807) is 19.0 Å². The number of aryl methyl sites for hydroxylation is 1. The average Bonchev–Trinajstić information content (AvgIpc) is 2.84. The molecule has 0 fully saturated rings. The zero-order chi connectivity index (χ0) is 15.6. The predicted octanol–water partition coefficient (Wildman–Crippen LogP) is 3.12. The van der Waals surface area contributed by atoms with Crippen LogP contribution in [0.4, 0.5) is 0 Å². The van der Waals surface area contributed by atoms with Gasteiger partial charge < -0.3 is 9.32 Å². The van der Waals surface area contributed by atoms with Gasteiger partial charge in [-0.2, -0.15) is 0 Å². The number of rotatable bonds is 5. The number of hydrogen-bond acceptors (Lipinski definition) is 3. The van der Waals surface area contributed by atoms with E-state index in [-0.39, 0.29) is 18.0 Å². The Balaban J connectivity index is 2.27. The van der Waals surface area contributed by atoms with Crippen LogP contribution in [0.5, 0.6) is 0 Å². The zero-order valence-corrected chi connectivity index (χ0v) is 13.4. The summed E-state index contributed by atoms with van der Waals surface area (Å²) < 4.78 is 6.01. The van der Waals surface area contributed by atoms with Gasteiger partial charge in [0.1, 0.15) is 11.3 Å². The second-order valence-corrected chi connectivity index (χ2v) is 5.64. The maximum atomic E-state index is 12.0. The van der Waals surface area contributed by atoms with Gasteiger partial charge in [-0.3, -0.25) is 10.1 Å². The molecule has 0 saturated carbocycles. The summed E-state index contributed by atoms with van der Waals surface area (Å²) in [5.41, 5.74) is 2.12. The van der Waals surface area contributed by atoms with Crippen LogP contribution in [0.1, 0.15) is 38.1 Å². The van der Waals surface area contributed by atoms with Gasteiger partial charge >= 0.3 is 0 Å². The number of benzene rings is 1. The number of amides is 1. The van der Waals surface area contributed by atoms with Crippen molar-refractivity contribution in [2.45, 2.75) is 39.3 Å². The van der Waals surface area contributed by atoms with Gasteiger partial charge in [0.25, 0.3) is 0 Å². The molecule has 2 rings (SSSR count). The fraction of sp³-hybridized carbons (Fsp3) is 0.471. The van der Waals surface area contributed by atoms with E-state index in [2.05, 4.69) is 18.3 Å². The lowest BCUT2D eigenvalue weighted by Crippen LogP contribution is -2.42. The summed E-state index contributed by atoms with van der Waals surface area (Å²) in [4.78, 5) is 13.6. The van der Waals surface area contributed by atoms with E-state index in [4.69, 9.17) is 4.42 Å². The number of carbonyl (C=O) groups excluding carboxylic acids is 1. The summed E-state index contributed by atoms with van der Waals surface area (Å²) in [5.74, 6) is 0.994. The van der Waals surface area contributed by atoms with Crippen LogP contribution in [0.3, 0.4) is 0 Å². The van der Waals surface area contributed by atoms with Crippen molar-refractivity contribution in [3.63, 3.8) is 0 Å². The van der Waals surface area contributed by atoms with E-state index < -0.39 is 0 Å². The number of furan rings is 1. The normalized spacial score (nSPS) is 14.1. The topological polar surface area (TPSA) is 45.5 Å². The van der Waals surface area contributed by atoms with E-state index in [1.807, 2.05) is 32.0 Å². The summed E-state index contributed by atoms with van der Waals surface area (Å²) >= 11 is 0. The van der Waals surface area contributed by atoms with E-state index in [0.717, 1.165) is 23.2 Å². The molecule has 0 aliphatic rings. The third-order valence-corrected chi connectivity index (χ3v) is 3.79. The number of carbonyl (C=O) groups is 1. The molecule has 2 unspecified atom stereocenters. The number of likely N-dealkylation sites (N-methyl/N-ethyl adjacent to an activating group) is 1. The van der Waals surface area contributed by atoms with Crippen LogP contribution < -0.4 is 5.32 Å². The number of nitrogens with one attached hydrogen (secondary N) is 1. The van der Waals surface area contributed by atoms with Crippen LogP contribution in [0, 0.1) is 0 Å². The molecule has 0 bridgehead atoms. The van der Waals surface area contributed by atoms with Gasteiger partial charge in [0.05, 0.1) is 12.1 Å². The molecule has 0 aliphatic heterocycles. The highest BCUT2D eigenvalue weighted by molar-refractivity contribution is 5.83. The first-order valence-electron chi connectivity index (χ1n) is 7.43. The molecule has 2 aromatic rings. The highest BCUT2D eigenvalue weighted by atomic mass is 16.3. The van der Waals surface area contributed by atoms with Crippen molar-refractivity contribution in [1.29, 1.82) is 0 Å². The zero-order valence-electron chi connectivity index (χ0n) is 13.4. The molecule has 2 atom stereocenters. The largest absolute Gasteiger partial charge is 0.459 e. The molecule has 1 amide bonds. The molecule has 1 heterocycles. The SMILES string of the molecule is CCc1c(C(C)NC(C)C(=O)N(C)C)oc2ccccc12. The summed E-state index contributed by atoms with van der Waals surface area (Å²) in [6.07, 6.45) is 0.911. The molecule has 1 aromatic heterocycles. The van der Waals surface area contributed by atoms with E-state index in [9.17, 15) is 4.79 Å². The monoisotopic (exact) mass is 288 g/mol. The van der Waals surface area contributed by atoms with E-state index >= 15 is 0 Å². The van der Waals surface area contributed by atoms with Gasteiger partial charge in [0.15, 0.2) is 0 Å². The Morgan fingerprint density at radius 1 is 1.29 bits per heavy atom. The van der Waals surface area contributed by atoms with E-state index in [1.165, 1.54) is 5.56 Å². The van der Waals surface area contributed by atoms with Crippen molar-refractivity contribution < 1.29 is 9.21 Å².